The van der Waals surface area contributed by atoms with Crippen LogP contribution in [-0.4, -0.2) is 17.4 Å². The average Bonchev–Trinajstić information content (AvgIpc) is 2.54. The van der Waals surface area contributed by atoms with Crippen molar-refractivity contribution in [2.24, 2.45) is 0 Å². The van der Waals surface area contributed by atoms with E-state index in [2.05, 4.69) is 10.6 Å². The van der Waals surface area contributed by atoms with Gasteiger partial charge in [-0.05, 0) is 50.1 Å². The van der Waals surface area contributed by atoms with E-state index in [0.717, 1.165) is 11.1 Å². The van der Waals surface area contributed by atoms with E-state index in [-0.39, 0.29) is 24.2 Å². The number of hydrogen-bond donors (Lipinski definition) is 2. The van der Waals surface area contributed by atoms with E-state index in [0.29, 0.717) is 16.3 Å². The van der Waals surface area contributed by atoms with Crippen LogP contribution >= 0.6 is 11.6 Å². The second kappa shape index (κ2) is 7.98. The zero-order chi connectivity index (χ0) is 18.6. The molecule has 0 bridgehead atoms. The molecule has 2 N–H and O–H groups in total. The topological polar surface area (TPSA) is 84.3 Å². The van der Waals surface area contributed by atoms with Gasteiger partial charge in [-0.1, -0.05) is 23.7 Å². The number of halogens is 1. The van der Waals surface area contributed by atoms with Gasteiger partial charge in [0.15, 0.2) is 0 Å². The summed E-state index contributed by atoms with van der Waals surface area (Å²) in [6, 6.07) is 10.3. The van der Waals surface area contributed by atoms with E-state index >= 15 is 0 Å². The number of nitro groups is 1. The number of carbonyl (C=O) groups is 1. The molecule has 0 radical (unpaired) electrons. The molecule has 1 amide bonds. The Morgan fingerprint density at radius 2 is 1.84 bits per heavy atom. The lowest BCUT2D eigenvalue weighted by atomic mass is 10.1. The molecule has 0 fully saturated rings. The molecule has 2 rings (SSSR count). The van der Waals surface area contributed by atoms with Crippen LogP contribution in [0.4, 0.5) is 11.4 Å². The summed E-state index contributed by atoms with van der Waals surface area (Å²) >= 11 is 5.86. The quantitative estimate of drug-likeness (QED) is 0.597. The predicted molar refractivity (Wildman–Crippen MR) is 99.1 cm³/mol. The molecule has 25 heavy (non-hydrogen) atoms. The fourth-order valence-electron chi connectivity index (χ4n) is 2.53. The van der Waals surface area contributed by atoms with Gasteiger partial charge < -0.3 is 10.6 Å². The first-order valence-corrected chi connectivity index (χ1v) is 8.20. The lowest BCUT2D eigenvalue weighted by molar-refractivity contribution is -0.385. The second-order valence-electron chi connectivity index (χ2n) is 5.91. The van der Waals surface area contributed by atoms with Crippen molar-refractivity contribution in [2.75, 3.05) is 11.9 Å². The van der Waals surface area contributed by atoms with Gasteiger partial charge in [0.05, 0.1) is 17.5 Å². The van der Waals surface area contributed by atoms with Crippen molar-refractivity contribution in [3.8, 4) is 0 Å². The molecule has 0 aromatic heterocycles. The molecule has 2 aromatic rings. The molecule has 6 nitrogen and oxygen atoms in total. The van der Waals surface area contributed by atoms with Crippen molar-refractivity contribution in [1.82, 2.24) is 5.32 Å². The number of anilines is 1. The molecule has 0 aliphatic heterocycles. The van der Waals surface area contributed by atoms with Crippen molar-refractivity contribution in [3.05, 3.63) is 68.2 Å². The van der Waals surface area contributed by atoms with Crippen LogP contribution in [0.3, 0.4) is 0 Å². The van der Waals surface area contributed by atoms with E-state index in [9.17, 15) is 14.9 Å². The Labute approximate surface area is 151 Å². The number of nitrogens with zero attached hydrogens (tertiary/aromatic N) is 1. The lowest BCUT2D eigenvalue weighted by Gasteiger charge is -2.16. The van der Waals surface area contributed by atoms with Gasteiger partial charge >= 0.3 is 0 Å². The van der Waals surface area contributed by atoms with Crippen LogP contribution in [0.25, 0.3) is 0 Å². The zero-order valence-corrected chi connectivity index (χ0v) is 15.1. The molecular weight excluding hydrogens is 342 g/mol. The highest BCUT2D eigenvalue weighted by molar-refractivity contribution is 6.30. The Hall–Kier alpha value is -2.60. The molecule has 7 heteroatoms. The highest BCUT2D eigenvalue weighted by Gasteiger charge is 2.15. The summed E-state index contributed by atoms with van der Waals surface area (Å²) in [7, 11) is 0. The van der Waals surface area contributed by atoms with E-state index in [1.807, 2.05) is 26.0 Å². The summed E-state index contributed by atoms with van der Waals surface area (Å²) in [5, 5.41) is 17.5. The van der Waals surface area contributed by atoms with Gasteiger partial charge in [0.1, 0.15) is 0 Å². The standard InChI is InChI=1S/C18H20ClN3O3/c1-11-8-12(2)17(22(24)25)9-16(11)20-10-18(23)21-13(3)14-4-6-15(19)7-5-14/h4-9,13,20H,10H2,1-3H3,(H,21,23). The van der Waals surface area contributed by atoms with Crippen LogP contribution in [0.1, 0.15) is 29.7 Å². The minimum atomic E-state index is -0.428. The first-order valence-electron chi connectivity index (χ1n) is 7.82. The normalized spacial score (nSPS) is 11.7. The molecule has 0 aliphatic rings. The Morgan fingerprint density at radius 1 is 1.20 bits per heavy atom. The third-order valence-electron chi connectivity index (χ3n) is 3.93. The summed E-state index contributed by atoms with van der Waals surface area (Å²) in [4.78, 5) is 22.7. The van der Waals surface area contributed by atoms with Crippen LogP contribution in [0, 0.1) is 24.0 Å². The van der Waals surface area contributed by atoms with Crippen LogP contribution in [0.2, 0.25) is 5.02 Å². The number of amides is 1. The number of aryl methyl sites for hydroxylation is 2. The molecule has 0 aliphatic carbocycles. The molecule has 1 unspecified atom stereocenters. The maximum Gasteiger partial charge on any atom is 0.274 e. The van der Waals surface area contributed by atoms with Gasteiger partial charge in [-0.2, -0.15) is 0 Å². The number of nitrogens with one attached hydrogen (secondary N) is 2. The summed E-state index contributed by atoms with van der Waals surface area (Å²) in [6.07, 6.45) is 0. The predicted octanol–water partition coefficient (Wildman–Crippen LogP) is 4.15. The zero-order valence-electron chi connectivity index (χ0n) is 14.3. The van der Waals surface area contributed by atoms with Crippen LogP contribution in [0.15, 0.2) is 36.4 Å². The summed E-state index contributed by atoms with van der Waals surface area (Å²) in [5.74, 6) is -0.204. The van der Waals surface area contributed by atoms with Crippen molar-refractivity contribution >= 4 is 28.9 Å². The van der Waals surface area contributed by atoms with Gasteiger partial charge in [0.25, 0.3) is 5.69 Å². The van der Waals surface area contributed by atoms with Crippen LogP contribution in [-0.2, 0) is 4.79 Å². The van der Waals surface area contributed by atoms with Gasteiger partial charge in [0, 0.05) is 22.3 Å². The Bertz CT molecular complexity index is 791. The molecule has 2 aromatic carbocycles. The maximum atomic E-state index is 12.1. The number of carbonyl (C=O) groups excluding carboxylic acids is 1. The summed E-state index contributed by atoms with van der Waals surface area (Å²) in [5.41, 5.74) is 2.99. The number of benzene rings is 2. The van der Waals surface area contributed by atoms with Crippen molar-refractivity contribution in [1.29, 1.82) is 0 Å². The fourth-order valence-corrected chi connectivity index (χ4v) is 2.66. The second-order valence-corrected chi connectivity index (χ2v) is 6.34. The summed E-state index contributed by atoms with van der Waals surface area (Å²) < 4.78 is 0. The average molecular weight is 362 g/mol. The first kappa shape index (κ1) is 18.7. The minimum absolute atomic E-state index is 0.0268. The van der Waals surface area contributed by atoms with Crippen LogP contribution < -0.4 is 10.6 Å². The lowest BCUT2D eigenvalue weighted by Crippen LogP contribution is -2.32. The molecule has 0 spiro atoms. The van der Waals surface area contributed by atoms with Gasteiger partial charge in [-0.15, -0.1) is 0 Å². The van der Waals surface area contributed by atoms with Gasteiger partial charge in [-0.25, -0.2) is 0 Å². The number of hydrogen-bond acceptors (Lipinski definition) is 4. The third-order valence-corrected chi connectivity index (χ3v) is 4.18. The monoisotopic (exact) mass is 361 g/mol. The van der Waals surface area contributed by atoms with Crippen molar-refractivity contribution < 1.29 is 9.72 Å². The van der Waals surface area contributed by atoms with Gasteiger partial charge in [-0.3, -0.25) is 14.9 Å². The molecule has 0 saturated carbocycles. The Morgan fingerprint density at radius 3 is 2.44 bits per heavy atom. The highest BCUT2D eigenvalue weighted by Crippen LogP contribution is 2.26. The van der Waals surface area contributed by atoms with Crippen LogP contribution in [0.5, 0.6) is 0 Å². The third kappa shape index (κ3) is 4.93. The minimum Gasteiger partial charge on any atom is -0.376 e. The highest BCUT2D eigenvalue weighted by atomic mass is 35.5. The SMILES string of the molecule is Cc1cc(C)c([N+](=O)[O-])cc1NCC(=O)NC(C)c1ccc(Cl)cc1. The first-order chi connectivity index (χ1) is 11.8. The molecule has 132 valence electrons. The Kier molecular flexibility index (Phi) is 5.98. The fraction of sp³-hybridized carbons (Fsp3) is 0.278. The van der Waals surface area contributed by atoms with E-state index < -0.39 is 4.92 Å². The van der Waals surface area contributed by atoms with Gasteiger partial charge in [0.2, 0.25) is 5.91 Å². The summed E-state index contributed by atoms with van der Waals surface area (Å²) in [6.45, 7) is 5.44. The number of nitro benzene ring substituents is 1. The van der Waals surface area contributed by atoms with E-state index in [1.54, 1.807) is 25.1 Å². The molecule has 0 heterocycles. The smallest absolute Gasteiger partial charge is 0.274 e. The molecular formula is C18H20ClN3O3. The number of rotatable bonds is 6. The molecule has 0 saturated heterocycles. The molecule has 1 atom stereocenters. The van der Waals surface area contributed by atoms with Crippen molar-refractivity contribution in [3.63, 3.8) is 0 Å². The van der Waals surface area contributed by atoms with Crippen molar-refractivity contribution in [2.45, 2.75) is 26.8 Å². The van der Waals surface area contributed by atoms with E-state index in [4.69, 9.17) is 11.6 Å². The maximum absolute atomic E-state index is 12.1. The van der Waals surface area contributed by atoms with E-state index in [1.165, 1.54) is 6.07 Å². The largest absolute Gasteiger partial charge is 0.376 e. The Balaban J connectivity index is 1.99.